The van der Waals surface area contributed by atoms with Crippen molar-refractivity contribution in [3.8, 4) is 0 Å². The number of carbonyl (C=O) groups excluding carboxylic acids is 1. The lowest BCUT2D eigenvalue weighted by Gasteiger charge is -2.31. The Balaban J connectivity index is 2.60. The van der Waals surface area contributed by atoms with Crippen LogP contribution >= 0.6 is 23.5 Å². The largest absolute Gasteiger partial charge is 0.420 e. The minimum Gasteiger partial charge on any atom is -0.282 e. The first-order valence-electron chi connectivity index (χ1n) is 4.88. The number of hydrogen-bond donors (Lipinski definition) is 0. The second kappa shape index (κ2) is 5.04. The lowest BCUT2D eigenvalue weighted by atomic mass is 10.2. The van der Waals surface area contributed by atoms with Crippen LogP contribution in [0.25, 0.3) is 0 Å². The maximum absolute atomic E-state index is 12.2. The number of alkyl halides is 3. The Kier molecular flexibility index (Phi) is 4.40. The maximum Gasteiger partial charge on any atom is 0.420 e. The zero-order valence-corrected chi connectivity index (χ0v) is 10.5. The lowest BCUT2D eigenvalue weighted by Crippen LogP contribution is -2.25. The highest BCUT2D eigenvalue weighted by Crippen LogP contribution is 2.46. The minimum absolute atomic E-state index is 0.427. The Morgan fingerprint density at radius 3 is 2.50 bits per heavy atom. The van der Waals surface area contributed by atoms with Crippen LogP contribution in [-0.2, 0) is 4.79 Å². The first kappa shape index (κ1) is 14.0. The predicted molar refractivity (Wildman–Crippen MR) is 62.5 cm³/mol. The van der Waals surface area contributed by atoms with Crippen LogP contribution in [0, 0.1) is 0 Å². The second-order valence-corrected chi connectivity index (χ2v) is 7.14. The summed E-state index contributed by atoms with van der Waals surface area (Å²) in [6.07, 6.45) is -1.82. The third kappa shape index (κ3) is 3.73. The molecular formula is C10H13F3OS2. The van der Waals surface area contributed by atoms with E-state index in [1.54, 1.807) is 11.8 Å². The molecule has 0 radical (unpaired) electrons. The molecule has 0 amide bonds. The molecule has 0 aromatic carbocycles. The summed E-state index contributed by atoms with van der Waals surface area (Å²) in [6.45, 7) is 4.64. The summed E-state index contributed by atoms with van der Waals surface area (Å²) in [5, 5.41) is -0.954. The fourth-order valence-corrected chi connectivity index (χ4v) is 4.02. The van der Waals surface area contributed by atoms with Gasteiger partial charge < -0.3 is 0 Å². The topological polar surface area (TPSA) is 17.1 Å². The third-order valence-corrected chi connectivity index (χ3v) is 5.31. The van der Waals surface area contributed by atoms with E-state index in [-0.39, 0.29) is 0 Å². The lowest BCUT2D eigenvalue weighted by molar-refractivity contribution is -0.121. The van der Waals surface area contributed by atoms with E-state index < -0.39 is 20.9 Å². The molecule has 1 heterocycles. The van der Waals surface area contributed by atoms with Crippen molar-refractivity contribution >= 4 is 28.6 Å². The molecule has 0 N–H and O–H groups in total. The van der Waals surface area contributed by atoms with Crippen molar-refractivity contribution in [1.82, 2.24) is 0 Å². The summed E-state index contributed by atoms with van der Waals surface area (Å²) >= 11 is 2.32. The average molecular weight is 270 g/mol. The molecule has 0 aromatic rings. The van der Waals surface area contributed by atoms with Crippen molar-refractivity contribution < 1.29 is 18.0 Å². The van der Waals surface area contributed by atoms with Crippen LogP contribution in [0.1, 0.15) is 26.2 Å². The van der Waals surface area contributed by atoms with Gasteiger partial charge in [-0.15, -0.1) is 11.8 Å². The smallest absolute Gasteiger partial charge is 0.282 e. The first-order chi connectivity index (χ1) is 7.25. The van der Waals surface area contributed by atoms with Gasteiger partial charge in [-0.05, 0) is 25.5 Å². The maximum atomic E-state index is 12.2. The van der Waals surface area contributed by atoms with Gasteiger partial charge in [0.2, 0.25) is 5.12 Å². The van der Waals surface area contributed by atoms with Gasteiger partial charge in [-0.1, -0.05) is 24.8 Å². The van der Waals surface area contributed by atoms with E-state index in [2.05, 4.69) is 6.58 Å². The molecule has 0 spiro atoms. The van der Waals surface area contributed by atoms with E-state index in [0.29, 0.717) is 0 Å². The molecule has 6 heteroatoms. The van der Waals surface area contributed by atoms with Gasteiger partial charge in [-0.2, -0.15) is 13.2 Å². The number of rotatable bonds is 2. The van der Waals surface area contributed by atoms with Crippen molar-refractivity contribution in [1.29, 1.82) is 0 Å². The number of hydrogen-bond acceptors (Lipinski definition) is 3. The molecule has 1 aliphatic rings. The summed E-state index contributed by atoms with van der Waals surface area (Å²) in [6, 6.07) is 0. The third-order valence-electron chi connectivity index (χ3n) is 2.33. The molecule has 0 aliphatic carbocycles. The summed E-state index contributed by atoms with van der Waals surface area (Å²) in [5.41, 5.74) is -1.26. The van der Waals surface area contributed by atoms with Crippen LogP contribution < -0.4 is 0 Å². The van der Waals surface area contributed by atoms with Gasteiger partial charge >= 0.3 is 6.18 Å². The van der Waals surface area contributed by atoms with E-state index in [1.165, 1.54) is 0 Å². The molecule has 0 aromatic heterocycles. The summed E-state index contributed by atoms with van der Waals surface area (Å²) in [7, 11) is 0. The molecule has 1 unspecified atom stereocenters. The molecule has 1 rings (SSSR count). The van der Waals surface area contributed by atoms with E-state index in [9.17, 15) is 18.0 Å². The highest BCUT2D eigenvalue weighted by atomic mass is 32.2. The first-order valence-corrected chi connectivity index (χ1v) is 6.68. The van der Waals surface area contributed by atoms with Gasteiger partial charge in [0, 0.05) is 0 Å². The normalized spacial score (nSPS) is 26.5. The molecule has 92 valence electrons. The van der Waals surface area contributed by atoms with Crippen LogP contribution in [0.2, 0.25) is 0 Å². The fraction of sp³-hybridized carbons (Fsp3) is 0.700. The van der Waals surface area contributed by atoms with Crippen LogP contribution in [0.15, 0.2) is 12.2 Å². The van der Waals surface area contributed by atoms with E-state index in [0.717, 1.165) is 36.8 Å². The Morgan fingerprint density at radius 1 is 1.44 bits per heavy atom. The van der Waals surface area contributed by atoms with E-state index >= 15 is 0 Å². The Bertz CT molecular complexity index is 293. The zero-order valence-electron chi connectivity index (χ0n) is 8.89. The number of thioether (sulfide) groups is 2. The van der Waals surface area contributed by atoms with Crippen molar-refractivity contribution in [3.05, 3.63) is 12.2 Å². The van der Waals surface area contributed by atoms with Crippen LogP contribution in [0.3, 0.4) is 0 Å². The molecule has 1 nitrogen and oxygen atoms in total. The highest BCUT2D eigenvalue weighted by Gasteiger charge is 2.40. The molecule has 1 aliphatic heterocycles. The van der Waals surface area contributed by atoms with Gasteiger partial charge in [0.1, 0.15) is 5.57 Å². The monoisotopic (exact) mass is 270 g/mol. The van der Waals surface area contributed by atoms with E-state index in [4.69, 9.17) is 0 Å². The van der Waals surface area contributed by atoms with Gasteiger partial charge in [-0.3, -0.25) is 4.79 Å². The molecule has 0 bridgehead atoms. The SMILES string of the molecule is C=C(C(=O)SC1(C)CCCCS1)C(F)(F)F. The zero-order chi connectivity index (χ0) is 12.4. The average Bonchev–Trinajstić information content (AvgIpc) is 2.15. The molecule has 1 fully saturated rings. The van der Waals surface area contributed by atoms with Crippen molar-refractivity contribution in [3.63, 3.8) is 0 Å². The quantitative estimate of drug-likeness (QED) is 0.706. The Hall–Kier alpha value is -0.100. The molecule has 0 saturated carbocycles. The Labute approximate surface area is 101 Å². The summed E-state index contributed by atoms with van der Waals surface area (Å²) in [5.74, 6) is 0.898. The van der Waals surface area contributed by atoms with Gasteiger partial charge in [0.25, 0.3) is 0 Å². The molecular weight excluding hydrogens is 257 g/mol. The van der Waals surface area contributed by atoms with Gasteiger partial charge in [0.05, 0.1) is 4.08 Å². The van der Waals surface area contributed by atoms with Crippen LogP contribution in [-0.4, -0.2) is 21.1 Å². The molecule has 16 heavy (non-hydrogen) atoms. The Morgan fingerprint density at radius 2 is 2.06 bits per heavy atom. The minimum atomic E-state index is -4.61. The van der Waals surface area contributed by atoms with Crippen molar-refractivity contribution in [2.24, 2.45) is 0 Å². The molecule has 1 saturated heterocycles. The fourth-order valence-electron chi connectivity index (χ4n) is 1.36. The summed E-state index contributed by atoms with van der Waals surface area (Å²) < 4.78 is 36.3. The standard InChI is InChI=1S/C10H13F3OS2/c1-7(10(11,12)13)8(14)16-9(2)5-3-4-6-15-9/h1,3-6H2,2H3. The molecule has 1 atom stereocenters. The summed E-state index contributed by atoms with van der Waals surface area (Å²) in [4.78, 5) is 11.4. The second-order valence-electron chi connectivity index (χ2n) is 3.81. The van der Waals surface area contributed by atoms with Crippen LogP contribution in [0.5, 0.6) is 0 Å². The number of halogens is 3. The van der Waals surface area contributed by atoms with E-state index in [1.807, 2.05) is 6.92 Å². The van der Waals surface area contributed by atoms with Gasteiger partial charge in [-0.25, -0.2) is 0 Å². The van der Waals surface area contributed by atoms with Crippen molar-refractivity contribution in [2.45, 2.75) is 36.4 Å². The number of carbonyl (C=O) groups is 1. The van der Waals surface area contributed by atoms with Crippen molar-refractivity contribution in [2.75, 3.05) is 5.75 Å². The van der Waals surface area contributed by atoms with Gasteiger partial charge in [0.15, 0.2) is 0 Å². The highest BCUT2D eigenvalue weighted by molar-refractivity contribution is 8.26. The van der Waals surface area contributed by atoms with Crippen LogP contribution in [0.4, 0.5) is 13.2 Å². The predicted octanol–water partition coefficient (Wildman–Crippen LogP) is 4.00.